The Morgan fingerprint density at radius 3 is 2.14 bits per heavy atom. The average molecular weight is 289 g/mol. The maximum absolute atomic E-state index is 13.7. The van der Waals surface area contributed by atoms with Crippen LogP contribution in [0.2, 0.25) is 0 Å². The Balaban J connectivity index is 1.89. The summed E-state index contributed by atoms with van der Waals surface area (Å²) >= 11 is 0. The molecule has 0 spiro atoms. The molecule has 0 bridgehead atoms. The summed E-state index contributed by atoms with van der Waals surface area (Å²) in [5.41, 5.74) is 1.40. The van der Waals surface area contributed by atoms with Crippen molar-refractivity contribution in [2.24, 2.45) is 0 Å². The number of nitrogens with one attached hydrogen (secondary N) is 1. The number of rotatable bonds is 6. The largest absolute Gasteiger partial charge is 0.310 e. The van der Waals surface area contributed by atoms with Crippen molar-refractivity contribution in [3.8, 4) is 0 Å². The quantitative estimate of drug-likeness (QED) is 0.804. The zero-order valence-electron chi connectivity index (χ0n) is 12.4. The second-order valence-corrected chi connectivity index (χ2v) is 5.41. The lowest BCUT2D eigenvalue weighted by Gasteiger charge is -2.18. The van der Waals surface area contributed by atoms with E-state index < -0.39 is 11.6 Å². The van der Waals surface area contributed by atoms with E-state index in [0.717, 1.165) is 6.42 Å². The molecule has 0 aliphatic carbocycles. The van der Waals surface area contributed by atoms with E-state index in [9.17, 15) is 8.78 Å². The molecule has 2 rings (SSSR count). The smallest absolute Gasteiger partial charge is 0.130 e. The van der Waals surface area contributed by atoms with Crippen LogP contribution >= 0.6 is 0 Å². The van der Waals surface area contributed by atoms with Crippen molar-refractivity contribution >= 4 is 0 Å². The van der Waals surface area contributed by atoms with Gasteiger partial charge >= 0.3 is 0 Å². The summed E-state index contributed by atoms with van der Waals surface area (Å²) in [6, 6.07) is 13.9. The van der Waals surface area contributed by atoms with Crippen LogP contribution in [0.3, 0.4) is 0 Å². The molecular weight excluding hydrogens is 268 g/mol. The van der Waals surface area contributed by atoms with Gasteiger partial charge in [-0.3, -0.25) is 0 Å². The standard InChI is InChI=1S/C18H21F2N/c1-13(15-7-4-3-5-8-15)11-12-21-14(2)18-16(19)9-6-10-17(18)20/h3-10,13-14,21H,11-12H2,1-2H3. The Morgan fingerprint density at radius 1 is 0.905 bits per heavy atom. The highest BCUT2D eigenvalue weighted by atomic mass is 19.1. The topological polar surface area (TPSA) is 12.0 Å². The highest BCUT2D eigenvalue weighted by Crippen LogP contribution is 2.21. The van der Waals surface area contributed by atoms with Crippen molar-refractivity contribution in [1.29, 1.82) is 0 Å². The summed E-state index contributed by atoms with van der Waals surface area (Å²) < 4.78 is 27.3. The molecular formula is C18H21F2N. The van der Waals surface area contributed by atoms with Crippen molar-refractivity contribution in [3.63, 3.8) is 0 Å². The first kappa shape index (κ1) is 15.6. The molecule has 3 heteroatoms. The molecule has 0 amide bonds. The van der Waals surface area contributed by atoms with E-state index in [2.05, 4.69) is 24.4 Å². The van der Waals surface area contributed by atoms with E-state index in [1.54, 1.807) is 6.92 Å². The first-order chi connectivity index (χ1) is 10.1. The average Bonchev–Trinajstić information content (AvgIpc) is 2.48. The molecule has 2 unspecified atom stereocenters. The van der Waals surface area contributed by atoms with Gasteiger partial charge < -0.3 is 5.32 Å². The van der Waals surface area contributed by atoms with Crippen molar-refractivity contribution in [1.82, 2.24) is 5.32 Å². The summed E-state index contributed by atoms with van der Waals surface area (Å²) in [5, 5.41) is 3.20. The maximum Gasteiger partial charge on any atom is 0.130 e. The molecule has 21 heavy (non-hydrogen) atoms. The van der Waals surface area contributed by atoms with Crippen LogP contribution in [0, 0.1) is 11.6 Å². The van der Waals surface area contributed by atoms with Crippen LogP contribution in [0.15, 0.2) is 48.5 Å². The van der Waals surface area contributed by atoms with Gasteiger partial charge in [-0.2, -0.15) is 0 Å². The first-order valence-corrected chi connectivity index (χ1v) is 7.32. The van der Waals surface area contributed by atoms with Crippen LogP contribution in [0.1, 0.15) is 43.4 Å². The van der Waals surface area contributed by atoms with E-state index >= 15 is 0 Å². The third kappa shape index (κ3) is 4.11. The van der Waals surface area contributed by atoms with Crippen LogP contribution in [-0.2, 0) is 0 Å². The van der Waals surface area contributed by atoms with Crippen LogP contribution in [0.5, 0.6) is 0 Å². The van der Waals surface area contributed by atoms with Gasteiger partial charge in [-0.15, -0.1) is 0 Å². The fourth-order valence-electron chi connectivity index (χ4n) is 2.49. The van der Waals surface area contributed by atoms with Gasteiger partial charge in [-0.05, 0) is 43.5 Å². The Kier molecular flexibility index (Phi) is 5.45. The Bertz CT molecular complexity index is 548. The summed E-state index contributed by atoms with van der Waals surface area (Å²) in [4.78, 5) is 0. The van der Waals surface area contributed by atoms with Crippen molar-refractivity contribution in [3.05, 3.63) is 71.3 Å². The zero-order valence-corrected chi connectivity index (χ0v) is 12.4. The molecule has 1 nitrogen and oxygen atoms in total. The Morgan fingerprint density at radius 2 is 1.52 bits per heavy atom. The minimum absolute atomic E-state index is 0.116. The molecule has 0 aromatic heterocycles. The molecule has 0 heterocycles. The van der Waals surface area contributed by atoms with Crippen LogP contribution in [0.4, 0.5) is 8.78 Å². The fraction of sp³-hybridized carbons (Fsp3) is 0.333. The molecule has 0 radical (unpaired) electrons. The number of hydrogen-bond acceptors (Lipinski definition) is 1. The van der Waals surface area contributed by atoms with Gasteiger partial charge in [0.1, 0.15) is 11.6 Å². The Hall–Kier alpha value is -1.74. The van der Waals surface area contributed by atoms with E-state index in [1.165, 1.54) is 23.8 Å². The Labute approximate surface area is 125 Å². The number of hydrogen-bond donors (Lipinski definition) is 1. The summed E-state index contributed by atoms with van der Waals surface area (Å²) in [6.45, 7) is 4.66. The third-order valence-electron chi connectivity index (χ3n) is 3.83. The fourth-order valence-corrected chi connectivity index (χ4v) is 2.49. The van der Waals surface area contributed by atoms with Gasteiger partial charge in [-0.1, -0.05) is 43.3 Å². The van der Waals surface area contributed by atoms with Gasteiger partial charge in [0.15, 0.2) is 0 Å². The van der Waals surface area contributed by atoms with E-state index in [-0.39, 0.29) is 11.6 Å². The highest BCUT2D eigenvalue weighted by molar-refractivity contribution is 5.23. The van der Waals surface area contributed by atoms with Gasteiger partial charge in [0.05, 0.1) is 0 Å². The SMILES string of the molecule is CC(CCNC(C)c1c(F)cccc1F)c1ccccc1. The number of halogens is 2. The molecule has 0 fully saturated rings. The molecule has 1 N–H and O–H groups in total. The predicted octanol–water partition coefficient (Wildman–Crippen LogP) is 4.81. The molecule has 112 valence electrons. The monoisotopic (exact) mass is 289 g/mol. The lowest BCUT2D eigenvalue weighted by Crippen LogP contribution is -2.23. The second-order valence-electron chi connectivity index (χ2n) is 5.41. The second kappa shape index (κ2) is 7.32. The van der Waals surface area contributed by atoms with Crippen molar-refractivity contribution < 1.29 is 8.78 Å². The van der Waals surface area contributed by atoms with Gasteiger partial charge in [0.2, 0.25) is 0 Å². The third-order valence-corrected chi connectivity index (χ3v) is 3.83. The van der Waals surface area contributed by atoms with Crippen LogP contribution in [0.25, 0.3) is 0 Å². The molecule has 0 aliphatic rings. The normalized spacial score (nSPS) is 13.9. The van der Waals surface area contributed by atoms with Crippen LogP contribution < -0.4 is 5.32 Å². The molecule has 0 aliphatic heterocycles. The summed E-state index contributed by atoms with van der Waals surface area (Å²) in [6.07, 6.45) is 0.921. The van der Waals surface area contributed by atoms with Gasteiger partial charge in [0, 0.05) is 11.6 Å². The minimum atomic E-state index is -0.494. The van der Waals surface area contributed by atoms with E-state index in [1.807, 2.05) is 18.2 Å². The zero-order chi connectivity index (χ0) is 15.2. The summed E-state index contributed by atoms with van der Waals surface area (Å²) in [7, 11) is 0. The molecule has 0 saturated carbocycles. The lowest BCUT2D eigenvalue weighted by atomic mass is 9.97. The highest BCUT2D eigenvalue weighted by Gasteiger charge is 2.15. The van der Waals surface area contributed by atoms with Crippen molar-refractivity contribution in [2.45, 2.75) is 32.2 Å². The van der Waals surface area contributed by atoms with E-state index in [0.29, 0.717) is 12.5 Å². The molecule has 0 saturated heterocycles. The molecule has 2 aromatic rings. The predicted molar refractivity (Wildman–Crippen MR) is 82.2 cm³/mol. The minimum Gasteiger partial charge on any atom is -0.310 e. The molecule has 2 aromatic carbocycles. The van der Waals surface area contributed by atoms with E-state index in [4.69, 9.17) is 0 Å². The number of benzene rings is 2. The first-order valence-electron chi connectivity index (χ1n) is 7.32. The van der Waals surface area contributed by atoms with Gasteiger partial charge in [-0.25, -0.2) is 8.78 Å². The molecule has 2 atom stereocenters. The van der Waals surface area contributed by atoms with Crippen molar-refractivity contribution in [2.75, 3.05) is 6.54 Å². The lowest BCUT2D eigenvalue weighted by molar-refractivity contribution is 0.475. The maximum atomic E-state index is 13.7. The van der Waals surface area contributed by atoms with Gasteiger partial charge in [0.25, 0.3) is 0 Å². The summed E-state index contributed by atoms with van der Waals surface area (Å²) in [5.74, 6) is -0.575. The van der Waals surface area contributed by atoms with Crippen LogP contribution in [-0.4, -0.2) is 6.54 Å².